The van der Waals surface area contributed by atoms with Gasteiger partial charge in [0.15, 0.2) is 0 Å². The maximum atomic E-state index is 12.9. The van der Waals surface area contributed by atoms with Crippen molar-refractivity contribution in [2.24, 2.45) is 11.8 Å². The zero-order valence-corrected chi connectivity index (χ0v) is 9.35. The Bertz CT molecular complexity index is 452. The molecular formula is C11H13BFNO3. The number of carbonyl (C=O) groups excluding carboxylic acids is 1. The lowest BCUT2D eigenvalue weighted by Gasteiger charge is -2.10. The fourth-order valence-electron chi connectivity index (χ4n) is 1.77. The van der Waals surface area contributed by atoms with Crippen LogP contribution in [0.15, 0.2) is 18.2 Å². The van der Waals surface area contributed by atoms with Crippen molar-refractivity contribution in [3.63, 3.8) is 0 Å². The number of amides is 1. The van der Waals surface area contributed by atoms with Gasteiger partial charge in [-0.25, -0.2) is 4.39 Å². The van der Waals surface area contributed by atoms with E-state index in [-0.39, 0.29) is 23.0 Å². The number of halogens is 1. The lowest BCUT2D eigenvalue weighted by atomic mass is 9.79. The Morgan fingerprint density at radius 1 is 1.53 bits per heavy atom. The number of nitrogens with one attached hydrogen (secondary N) is 1. The lowest BCUT2D eigenvalue weighted by molar-refractivity contribution is -0.117. The minimum Gasteiger partial charge on any atom is -0.423 e. The van der Waals surface area contributed by atoms with Crippen LogP contribution in [0, 0.1) is 17.7 Å². The van der Waals surface area contributed by atoms with Crippen LogP contribution in [0.3, 0.4) is 0 Å². The van der Waals surface area contributed by atoms with Crippen molar-refractivity contribution in [2.75, 3.05) is 5.32 Å². The first-order chi connectivity index (χ1) is 7.99. The van der Waals surface area contributed by atoms with Crippen LogP contribution in [0.25, 0.3) is 0 Å². The van der Waals surface area contributed by atoms with Crippen molar-refractivity contribution in [1.82, 2.24) is 0 Å². The van der Waals surface area contributed by atoms with Gasteiger partial charge in [-0.3, -0.25) is 4.79 Å². The first-order valence-corrected chi connectivity index (χ1v) is 5.45. The van der Waals surface area contributed by atoms with E-state index in [1.165, 1.54) is 6.07 Å². The molecule has 0 spiro atoms. The van der Waals surface area contributed by atoms with E-state index < -0.39 is 12.9 Å². The molecule has 90 valence electrons. The first kappa shape index (κ1) is 12.1. The third kappa shape index (κ3) is 2.65. The standard InChI is InChI=1S/C11H13BFNO3/c1-6-4-8(6)11(15)14-10-3-2-7(13)5-9(10)12(16)17/h2-3,5-6,8,16-17H,4H2,1H3,(H,14,15). The van der Waals surface area contributed by atoms with Crippen LogP contribution in [0.2, 0.25) is 0 Å². The predicted molar refractivity (Wildman–Crippen MR) is 62.1 cm³/mol. The average Bonchev–Trinajstić information content (AvgIpc) is 2.98. The summed E-state index contributed by atoms with van der Waals surface area (Å²) in [5, 5.41) is 20.8. The van der Waals surface area contributed by atoms with Crippen LogP contribution in [0.5, 0.6) is 0 Å². The third-order valence-corrected chi connectivity index (χ3v) is 3.00. The fourth-order valence-corrected chi connectivity index (χ4v) is 1.77. The van der Waals surface area contributed by atoms with Gasteiger partial charge in [0.05, 0.1) is 0 Å². The van der Waals surface area contributed by atoms with E-state index in [1.807, 2.05) is 6.92 Å². The molecule has 1 aromatic carbocycles. The van der Waals surface area contributed by atoms with Gasteiger partial charge in [-0.1, -0.05) is 6.92 Å². The molecule has 2 atom stereocenters. The molecule has 0 saturated heterocycles. The number of rotatable bonds is 3. The Kier molecular flexibility index (Phi) is 3.17. The summed E-state index contributed by atoms with van der Waals surface area (Å²) in [5.74, 6) is -0.404. The van der Waals surface area contributed by atoms with Crippen molar-refractivity contribution in [1.29, 1.82) is 0 Å². The predicted octanol–water partition coefficient (Wildman–Crippen LogP) is 0.100. The van der Waals surface area contributed by atoms with Crippen LogP contribution in [0.1, 0.15) is 13.3 Å². The van der Waals surface area contributed by atoms with Gasteiger partial charge in [0.25, 0.3) is 0 Å². The molecule has 2 unspecified atom stereocenters. The number of benzene rings is 1. The van der Waals surface area contributed by atoms with Crippen molar-refractivity contribution in [2.45, 2.75) is 13.3 Å². The number of hydrogen-bond donors (Lipinski definition) is 3. The van der Waals surface area contributed by atoms with E-state index in [9.17, 15) is 9.18 Å². The summed E-state index contributed by atoms with van der Waals surface area (Å²) in [7, 11) is -1.81. The number of hydrogen-bond acceptors (Lipinski definition) is 3. The normalized spacial score (nSPS) is 22.1. The summed E-state index contributed by atoms with van der Waals surface area (Å²) in [6.45, 7) is 1.97. The quantitative estimate of drug-likeness (QED) is 0.653. The SMILES string of the molecule is CC1CC1C(=O)Nc1ccc(F)cc1B(O)O. The molecule has 6 heteroatoms. The van der Waals surface area contributed by atoms with Gasteiger partial charge in [-0.05, 0) is 30.5 Å². The van der Waals surface area contributed by atoms with E-state index in [1.54, 1.807) is 0 Å². The van der Waals surface area contributed by atoms with E-state index in [0.717, 1.165) is 18.6 Å². The molecule has 4 nitrogen and oxygen atoms in total. The number of carbonyl (C=O) groups is 1. The molecule has 0 aromatic heterocycles. The topological polar surface area (TPSA) is 69.6 Å². The Balaban J connectivity index is 2.17. The monoisotopic (exact) mass is 237 g/mol. The van der Waals surface area contributed by atoms with Crippen LogP contribution in [0.4, 0.5) is 10.1 Å². The molecular weight excluding hydrogens is 224 g/mol. The van der Waals surface area contributed by atoms with Gasteiger partial charge in [0.2, 0.25) is 5.91 Å². The Morgan fingerprint density at radius 2 is 2.18 bits per heavy atom. The van der Waals surface area contributed by atoms with Crippen LogP contribution in [-0.2, 0) is 4.79 Å². The summed E-state index contributed by atoms with van der Waals surface area (Å²) >= 11 is 0. The second-order valence-electron chi connectivity index (χ2n) is 4.41. The minimum absolute atomic E-state index is 0.0243. The summed E-state index contributed by atoms with van der Waals surface area (Å²) in [6, 6.07) is 3.49. The Morgan fingerprint density at radius 3 is 2.71 bits per heavy atom. The van der Waals surface area contributed by atoms with E-state index in [4.69, 9.17) is 10.0 Å². The first-order valence-electron chi connectivity index (χ1n) is 5.45. The maximum Gasteiger partial charge on any atom is 0.490 e. The Labute approximate surface area is 98.6 Å². The molecule has 0 bridgehead atoms. The zero-order valence-electron chi connectivity index (χ0n) is 9.35. The van der Waals surface area contributed by atoms with Crippen LogP contribution in [-0.4, -0.2) is 23.1 Å². The highest BCUT2D eigenvalue weighted by molar-refractivity contribution is 6.60. The second kappa shape index (κ2) is 4.47. The highest BCUT2D eigenvalue weighted by Crippen LogP contribution is 2.38. The van der Waals surface area contributed by atoms with E-state index in [0.29, 0.717) is 5.92 Å². The van der Waals surface area contributed by atoms with Crippen molar-refractivity contribution in [3.8, 4) is 0 Å². The molecule has 0 aliphatic heterocycles. The molecule has 17 heavy (non-hydrogen) atoms. The third-order valence-electron chi connectivity index (χ3n) is 3.00. The molecule has 0 heterocycles. The van der Waals surface area contributed by atoms with Crippen molar-refractivity contribution in [3.05, 3.63) is 24.0 Å². The van der Waals surface area contributed by atoms with Crippen molar-refractivity contribution >= 4 is 24.2 Å². The van der Waals surface area contributed by atoms with Crippen molar-refractivity contribution < 1.29 is 19.2 Å². The van der Waals surface area contributed by atoms with Gasteiger partial charge < -0.3 is 15.4 Å². The van der Waals surface area contributed by atoms with Gasteiger partial charge in [0, 0.05) is 17.1 Å². The number of anilines is 1. The summed E-state index contributed by atoms with van der Waals surface area (Å²) in [4.78, 5) is 11.7. The van der Waals surface area contributed by atoms with Crippen LogP contribution >= 0.6 is 0 Å². The van der Waals surface area contributed by atoms with Crippen LogP contribution < -0.4 is 10.8 Å². The largest absolute Gasteiger partial charge is 0.490 e. The molecule has 1 aliphatic rings. The summed E-state index contributed by atoms with van der Waals surface area (Å²) < 4.78 is 12.9. The maximum absolute atomic E-state index is 12.9. The van der Waals surface area contributed by atoms with E-state index in [2.05, 4.69) is 5.32 Å². The fraction of sp³-hybridized carbons (Fsp3) is 0.364. The van der Waals surface area contributed by atoms with Gasteiger partial charge >= 0.3 is 7.12 Å². The highest BCUT2D eigenvalue weighted by atomic mass is 19.1. The molecule has 1 fully saturated rings. The second-order valence-corrected chi connectivity index (χ2v) is 4.41. The molecule has 3 N–H and O–H groups in total. The average molecular weight is 237 g/mol. The Hall–Kier alpha value is -1.40. The smallest absolute Gasteiger partial charge is 0.423 e. The molecule has 0 radical (unpaired) electrons. The summed E-state index contributed by atoms with van der Waals surface area (Å²) in [6.07, 6.45) is 0.837. The molecule has 1 aliphatic carbocycles. The zero-order chi connectivity index (χ0) is 12.6. The highest BCUT2D eigenvalue weighted by Gasteiger charge is 2.39. The molecule has 1 amide bonds. The lowest BCUT2D eigenvalue weighted by Crippen LogP contribution is -2.34. The van der Waals surface area contributed by atoms with Gasteiger partial charge in [-0.2, -0.15) is 0 Å². The minimum atomic E-state index is -1.81. The summed E-state index contributed by atoms with van der Waals surface area (Å²) in [5.41, 5.74) is 0.206. The molecule has 2 rings (SSSR count). The molecule has 1 aromatic rings. The van der Waals surface area contributed by atoms with E-state index >= 15 is 0 Å². The van der Waals surface area contributed by atoms with Gasteiger partial charge in [0.1, 0.15) is 5.82 Å². The van der Waals surface area contributed by atoms with Gasteiger partial charge in [-0.15, -0.1) is 0 Å². The molecule has 1 saturated carbocycles.